The average molecular weight is 638 g/mol. The topological polar surface area (TPSA) is 0 Å². The minimum absolute atomic E-state index is 0.337. The van der Waals surface area contributed by atoms with Gasteiger partial charge in [0.1, 0.15) is 17.5 Å². The molecule has 0 spiro atoms. The molecule has 0 aliphatic carbocycles. The number of halogens is 3. The van der Waals surface area contributed by atoms with Crippen LogP contribution in [0.5, 0.6) is 0 Å². The fourth-order valence-electron chi connectivity index (χ4n) is 7.55. The van der Waals surface area contributed by atoms with Gasteiger partial charge in [0.05, 0.1) is 32.3 Å². The van der Waals surface area contributed by atoms with Crippen molar-refractivity contribution in [1.29, 1.82) is 0 Å². The predicted molar refractivity (Wildman–Crippen MR) is 197 cm³/mol. The number of nitrogens with zero attached hydrogens (tertiary/aromatic N) is 1. The van der Waals surface area contributed by atoms with Gasteiger partial charge in [0.25, 0.3) is 0 Å². The lowest BCUT2D eigenvalue weighted by atomic mass is 9.13. The van der Waals surface area contributed by atoms with Crippen molar-refractivity contribution in [2.75, 3.05) is 26.2 Å². The second kappa shape index (κ2) is 20.0. The molecule has 3 aromatic carbocycles. The fraction of sp³-hybridized carbons (Fsp3) is 0.561. The molecular formula is C41H63BF3N. The van der Waals surface area contributed by atoms with Crippen molar-refractivity contribution >= 4 is 22.5 Å². The van der Waals surface area contributed by atoms with Crippen LogP contribution in [0.2, 0.25) is 6.32 Å². The van der Waals surface area contributed by atoms with Gasteiger partial charge in [-0.25, -0.2) is 13.2 Å². The molecule has 5 heteroatoms. The Morgan fingerprint density at radius 3 is 1.00 bits per heavy atom. The molecule has 0 saturated carbocycles. The van der Waals surface area contributed by atoms with E-state index in [0.717, 1.165) is 45.9 Å². The van der Waals surface area contributed by atoms with Gasteiger partial charge in [-0.1, -0.05) is 126 Å². The van der Waals surface area contributed by atoms with Gasteiger partial charge in [0.15, 0.2) is 0 Å². The van der Waals surface area contributed by atoms with Crippen LogP contribution >= 0.6 is 0 Å². The Morgan fingerprint density at radius 1 is 0.457 bits per heavy atom. The number of aryl methyl sites for hydroxylation is 3. The molecule has 0 aliphatic heterocycles. The van der Waals surface area contributed by atoms with Gasteiger partial charge < -0.3 is 4.48 Å². The number of benzene rings is 3. The third kappa shape index (κ3) is 10.8. The summed E-state index contributed by atoms with van der Waals surface area (Å²) in [4.78, 5) is 0. The van der Waals surface area contributed by atoms with Crippen molar-refractivity contribution in [3.63, 3.8) is 0 Å². The summed E-state index contributed by atoms with van der Waals surface area (Å²) in [5.74, 6) is -1.01. The molecule has 3 aromatic rings. The Morgan fingerprint density at radius 2 is 0.739 bits per heavy atom. The SMILES string of the molecule is CCCC[B-](c1cc(F)ccc1C)(c1cc(F)ccc1C)c1cc(F)ccc1C.CCCC[N+](CCCC)(CCCC)CCCC. The normalized spacial score (nSPS) is 11.8. The first-order chi connectivity index (χ1) is 22.0. The Bertz CT molecular complexity index is 1160. The van der Waals surface area contributed by atoms with E-state index in [2.05, 4.69) is 34.6 Å². The molecule has 0 saturated heterocycles. The first-order valence-electron chi connectivity index (χ1n) is 18.4. The molecule has 0 amide bonds. The Balaban J connectivity index is 0.000000372. The van der Waals surface area contributed by atoms with Gasteiger partial charge in [0.2, 0.25) is 0 Å². The number of rotatable bonds is 18. The van der Waals surface area contributed by atoms with Gasteiger partial charge in [-0.3, -0.25) is 0 Å². The summed E-state index contributed by atoms with van der Waals surface area (Å²) in [6.07, 6.45) is 11.8. The fourth-order valence-corrected chi connectivity index (χ4v) is 7.55. The van der Waals surface area contributed by atoms with Gasteiger partial charge >= 0.3 is 0 Å². The van der Waals surface area contributed by atoms with Crippen LogP contribution < -0.4 is 16.4 Å². The van der Waals surface area contributed by atoms with E-state index in [1.165, 1.54) is 100 Å². The summed E-state index contributed by atoms with van der Waals surface area (Å²) in [7, 11) is 0. The molecule has 256 valence electrons. The molecule has 0 fully saturated rings. The van der Waals surface area contributed by atoms with Crippen LogP contribution in [0, 0.1) is 38.2 Å². The predicted octanol–water partition coefficient (Wildman–Crippen LogP) is 10.3. The third-order valence-corrected chi connectivity index (χ3v) is 10.3. The van der Waals surface area contributed by atoms with Crippen LogP contribution in [0.1, 0.15) is 116 Å². The zero-order valence-corrected chi connectivity index (χ0v) is 30.5. The van der Waals surface area contributed by atoms with Crippen molar-refractivity contribution in [3.8, 4) is 0 Å². The maximum Gasteiger partial charge on any atom is 0.120 e. The van der Waals surface area contributed by atoms with Crippen molar-refractivity contribution in [3.05, 3.63) is 88.7 Å². The van der Waals surface area contributed by atoms with Crippen molar-refractivity contribution in [1.82, 2.24) is 0 Å². The second-order valence-electron chi connectivity index (χ2n) is 13.8. The summed E-state index contributed by atoms with van der Waals surface area (Å²) in [5.41, 5.74) is 5.24. The third-order valence-electron chi connectivity index (χ3n) is 10.3. The van der Waals surface area contributed by atoms with E-state index in [0.29, 0.717) is 6.32 Å². The zero-order chi connectivity index (χ0) is 34.2. The summed E-state index contributed by atoms with van der Waals surface area (Å²) in [6, 6.07) is 14.3. The highest BCUT2D eigenvalue weighted by Gasteiger charge is 2.33. The summed E-state index contributed by atoms with van der Waals surface area (Å²) >= 11 is 0. The van der Waals surface area contributed by atoms with E-state index in [-0.39, 0.29) is 17.5 Å². The average Bonchev–Trinajstić information content (AvgIpc) is 3.05. The highest BCUT2D eigenvalue weighted by atomic mass is 19.1. The van der Waals surface area contributed by atoms with E-state index >= 15 is 0 Å². The molecule has 46 heavy (non-hydrogen) atoms. The van der Waals surface area contributed by atoms with Crippen molar-refractivity contribution in [2.45, 2.75) is 126 Å². The van der Waals surface area contributed by atoms with E-state index < -0.39 is 6.15 Å². The molecule has 0 N–H and O–H groups in total. The van der Waals surface area contributed by atoms with Crippen LogP contribution in [0.25, 0.3) is 0 Å². The summed E-state index contributed by atoms with van der Waals surface area (Å²) in [6.45, 7) is 22.9. The lowest BCUT2D eigenvalue weighted by molar-refractivity contribution is -0.929. The molecule has 1 nitrogen and oxygen atoms in total. The molecule has 0 unspecified atom stereocenters. The quantitative estimate of drug-likeness (QED) is 0.0962. The molecule has 3 rings (SSSR count). The molecule has 0 heterocycles. The molecule has 0 atom stereocenters. The van der Waals surface area contributed by atoms with Crippen LogP contribution in [0.15, 0.2) is 54.6 Å². The van der Waals surface area contributed by atoms with Crippen LogP contribution in [0.4, 0.5) is 13.2 Å². The first-order valence-corrected chi connectivity index (χ1v) is 18.4. The zero-order valence-electron chi connectivity index (χ0n) is 30.5. The summed E-state index contributed by atoms with van der Waals surface area (Å²) in [5, 5.41) is 0. The molecular weight excluding hydrogens is 574 g/mol. The van der Waals surface area contributed by atoms with E-state index in [1.807, 2.05) is 20.8 Å². The lowest BCUT2D eigenvalue weighted by Crippen LogP contribution is -2.69. The molecule has 0 radical (unpaired) electrons. The number of hydrogen-bond acceptors (Lipinski definition) is 0. The smallest absolute Gasteiger partial charge is 0.120 e. The van der Waals surface area contributed by atoms with E-state index in [9.17, 15) is 13.2 Å². The van der Waals surface area contributed by atoms with Crippen LogP contribution in [0.3, 0.4) is 0 Å². The number of quaternary nitrogens is 1. The number of unbranched alkanes of at least 4 members (excludes halogenated alkanes) is 5. The van der Waals surface area contributed by atoms with Crippen LogP contribution in [-0.4, -0.2) is 36.8 Å². The molecule has 0 bridgehead atoms. The standard InChI is InChI=1S/C25H27BF3.C16H36N/c1-5-6-13-26(23-14-20(27)10-7-17(23)2,24-15-21(28)11-8-18(24)3)25-16-22(29)12-9-19(25)4;1-5-9-13-17(14-10-6-2,15-11-7-3)16-12-8-4/h7-12,14-16H,5-6,13H2,1-4H3;5-16H2,1-4H3/q-1;+1. The van der Waals surface area contributed by atoms with Gasteiger partial charge in [-0.15, -0.1) is 0 Å². The van der Waals surface area contributed by atoms with Gasteiger partial charge in [-0.05, 0) is 64.7 Å². The molecule has 0 aliphatic rings. The first kappa shape index (κ1) is 39.7. The van der Waals surface area contributed by atoms with E-state index in [4.69, 9.17) is 0 Å². The van der Waals surface area contributed by atoms with Crippen molar-refractivity contribution in [2.24, 2.45) is 0 Å². The monoisotopic (exact) mass is 638 g/mol. The minimum atomic E-state index is -1.77. The van der Waals surface area contributed by atoms with Crippen LogP contribution in [-0.2, 0) is 0 Å². The maximum absolute atomic E-state index is 14.5. The number of hydrogen-bond donors (Lipinski definition) is 0. The summed E-state index contributed by atoms with van der Waals surface area (Å²) < 4.78 is 44.8. The Hall–Kier alpha value is -2.53. The highest BCUT2D eigenvalue weighted by Crippen LogP contribution is 2.23. The Labute approximate surface area is 280 Å². The minimum Gasteiger partial charge on any atom is -0.324 e. The maximum atomic E-state index is 14.5. The largest absolute Gasteiger partial charge is 0.324 e. The molecule has 0 aromatic heterocycles. The highest BCUT2D eigenvalue weighted by molar-refractivity contribution is 7.12. The Kier molecular flexibility index (Phi) is 17.2. The van der Waals surface area contributed by atoms with E-state index in [1.54, 1.807) is 36.4 Å². The van der Waals surface area contributed by atoms with Gasteiger partial charge in [0, 0.05) is 0 Å². The second-order valence-corrected chi connectivity index (χ2v) is 13.8. The lowest BCUT2D eigenvalue weighted by Gasteiger charge is -2.46. The van der Waals surface area contributed by atoms with Gasteiger partial charge in [-0.2, -0.15) is 22.7 Å². The van der Waals surface area contributed by atoms with Crippen molar-refractivity contribution < 1.29 is 17.7 Å².